The second kappa shape index (κ2) is 6.24. The number of phenolic OH excluding ortho intramolecular Hbond substituents is 1. The van der Waals surface area contributed by atoms with Crippen molar-refractivity contribution in [2.24, 2.45) is 5.92 Å². The number of carbonyl (C=O) groups is 1. The summed E-state index contributed by atoms with van der Waals surface area (Å²) in [5.41, 5.74) is 3.11. The molecule has 3 nitrogen and oxygen atoms in total. The van der Waals surface area contributed by atoms with Crippen LogP contribution in [0.2, 0.25) is 0 Å². The lowest BCUT2D eigenvalue weighted by atomic mass is 9.92. The summed E-state index contributed by atoms with van der Waals surface area (Å²) >= 11 is 0. The van der Waals surface area contributed by atoms with Crippen LogP contribution in [0.1, 0.15) is 16.7 Å². The Morgan fingerprint density at radius 1 is 0.950 bits per heavy atom. The normalized spacial score (nSPS) is 12.1. The molecule has 0 saturated carbocycles. The molecule has 104 valence electrons. The highest BCUT2D eigenvalue weighted by Crippen LogP contribution is 2.18. The van der Waals surface area contributed by atoms with E-state index in [0.717, 1.165) is 11.1 Å². The maximum absolute atomic E-state index is 11.4. The number of aromatic hydroxyl groups is 1. The number of aliphatic carboxylic acids is 1. The predicted octanol–water partition coefficient (Wildman–Crippen LogP) is 3.19. The summed E-state index contributed by atoms with van der Waals surface area (Å²) in [7, 11) is 0. The van der Waals surface area contributed by atoms with Crippen LogP contribution in [0.15, 0.2) is 48.5 Å². The molecule has 20 heavy (non-hydrogen) atoms. The lowest BCUT2D eigenvalue weighted by molar-refractivity contribution is -0.141. The van der Waals surface area contributed by atoms with Crippen molar-refractivity contribution < 1.29 is 15.0 Å². The largest absolute Gasteiger partial charge is 0.508 e. The molecule has 3 heteroatoms. The molecule has 2 rings (SSSR count). The molecule has 0 aliphatic carbocycles. The molecule has 0 radical (unpaired) electrons. The maximum Gasteiger partial charge on any atom is 0.307 e. The van der Waals surface area contributed by atoms with Gasteiger partial charge in [-0.25, -0.2) is 0 Å². The van der Waals surface area contributed by atoms with Gasteiger partial charge in [-0.15, -0.1) is 0 Å². The van der Waals surface area contributed by atoms with Gasteiger partial charge >= 0.3 is 5.97 Å². The summed E-state index contributed by atoms with van der Waals surface area (Å²) < 4.78 is 0. The fourth-order valence-electron chi connectivity index (χ4n) is 2.17. The van der Waals surface area contributed by atoms with Crippen LogP contribution in [-0.4, -0.2) is 16.2 Å². The van der Waals surface area contributed by atoms with Gasteiger partial charge in [0.05, 0.1) is 5.92 Å². The number of rotatable bonds is 5. The second-order valence-corrected chi connectivity index (χ2v) is 5.10. The standard InChI is InChI=1S/C17H18O3/c1-12-2-4-13(5-3-12)10-15(17(19)20)11-14-6-8-16(18)9-7-14/h2-9,15,18H,10-11H2,1H3,(H,19,20). The van der Waals surface area contributed by atoms with Gasteiger partial charge < -0.3 is 10.2 Å². The third kappa shape index (κ3) is 3.85. The number of hydrogen-bond acceptors (Lipinski definition) is 2. The Kier molecular flexibility index (Phi) is 4.41. The second-order valence-electron chi connectivity index (χ2n) is 5.10. The molecule has 0 aliphatic heterocycles. The van der Waals surface area contributed by atoms with Gasteiger partial charge in [0, 0.05) is 0 Å². The predicted molar refractivity (Wildman–Crippen MR) is 77.8 cm³/mol. The van der Waals surface area contributed by atoms with Crippen molar-refractivity contribution in [3.63, 3.8) is 0 Å². The van der Waals surface area contributed by atoms with Crippen molar-refractivity contribution in [2.45, 2.75) is 19.8 Å². The van der Waals surface area contributed by atoms with Crippen molar-refractivity contribution in [2.75, 3.05) is 0 Å². The van der Waals surface area contributed by atoms with Gasteiger partial charge in [-0.3, -0.25) is 4.79 Å². The van der Waals surface area contributed by atoms with Gasteiger partial charge in [-0.2, -0.15) is 0 Å². The molecule has 2 aromatic rings. The van der Waals surface area contributed by atoms with E-state index in [1.807, 2.05) is 31.2 Å². The number of hydrogen-bond donors (Lipinski definition) is 2. The average Bonchev–Trinajstić information content (AvgIpc) is 2.42. The lowest BCUT2D eigenvalue weighted by Crippen LogP contribution is -2.19. The first-order valence-corrected chi connectivity index (χ1v) is 6.61. The van der Waals surface area contributed by atoms with Crippen LogP contribution in [0, 0.1) is 12.8 Å². The van der Waals surface area contributed by atoms with Crippen molar-refractivity contribution in [1.82, 2.24) is 0 Å². The van der Waals surface area contributed by atoms with Crippen molar-refractivity contribution >= 4 is 5.97 Å². The SMILES string of the molecule is Cc1ccc(CC(Cc2ccc(O)cc2)C(=O)O)cc1. The van der Waals surface area contributed by atoms with Gasteiger partial charge in [0.15, 0.2) is 0 Å². The van der Waals surface area contributed by atoms with Gasteiger partial charge in [-0.1, -0.05) is 42.0 Å². The van der Waals surface area contributed by atoms with Crippen LogP contribution >= 0.6 is 0 Å². The van der Waals surface area contributed by atoms with E-state index >= 15 is 0 Å². The molecular weight excluding hydrogens is 252 g/mol. The first-order valence-electron chi connectivity index (χ1n) is 6.61. The summed E-state index contributed by atoms with van der Waals surface area (Å²) in [6.07, 6.45) is 0.972. The van der Waals surface area contributed by atoms with Crippen LogP contribution in [0.25, 0.3) is 0 Å². The Hall–Kier alpha value is -2.29. The summed E-state index contributed by atoms with van der Waals surface area (Å²) in [5.74, 6) is -1.06. The molecule has 0 amide bonds. The zero-order valence-corrected chi connectivity index (χ0v) is 11.4. The molecule has 1 atom stereocenters. The average molecular weight is 270 g/mol. The minimum Gasteiger partial charge on any atom is -0.508 e. The number of phenols is 1. The van der Waals surface area contributed by atoms with E-state index in [2.05, 4.69) is 0 Å². The number of benzene rings is 2. The fraction of sp³-hybridized carbons (Fsp3) is 0.235. The molecule has 2 aromatic carbocycles. The van der Waals surface area contributed by atoms with Gasteiger partial charge in [0.1, 0.15) is 5.75 Å². The molecule has 0 aliphatic rings. The number of carboxylic acid groups (broad SMARTS) is 1. The van der Waals surface area contributed by atoms with E-state index in [1.165, 1.54) is 5.56 Å². The highest BCUT2D eigenvalue weighted by atomic mass is 16.4. The van der Waals surface area contributed by atoms with Crippen molar-refractivity contribution in [1.29, 1.82) is 0 Å². The summed E-state index contributed by atoms with van der Waals surface area (Å²) in [6, 6.07) is 14.6. The van der Waals surface area contributed by atoms with E-state index in [9.17, 15) is 15.0 Å². The van der Waals surface area contributed by atoms with E-state index in [0.29, 0.717) is 12.8 Å². The van der Waals surface area contributed by atoms with Crippen LogP contribution < -0.4 is 0 Å². The Morgan fingerprint density at radius 2 is 1.40 bits per heavy atom. The number of aryl methyl sites for hydroxylation is 1. The molecular formula is C17H18O3. The maximum atomic E-state index is 11.4. The smallest absolute Gasteiger partial charge is 0.307 e. The molecule has 0 saturated heterocycles. The Labute approximate surface area is 118 Å². The van der Waals surface area contributed by atoms with E-state index < -0.39 is 11.9 Å². The molecule has 0 aromatic heterocycles. The Balaban J connectivity index is 2.09. The van der Waals surface area contributed by atoms with E-state index in [-0.39, 0.29) is 5.75 Å². The van der Waals surface area contributed by atoms with E-state index in [1.54, 1.807) is 24.3 Å². The van der Waals surface area contributed by atoms with E-state index in [4.69, 9.17) is 0 Å². The Morgan fingerprint density at radius 3 is 1.85 bits per heavy atom. The van der Waals surface area contributed by atoms with Gasteiger partial charge in [0.25, 0.3) is 0 Å². The van der Waals surface area contributed by atoms with Crippen LogP contribution in [0.3, 0.4) is 0 Å². The zero-order chi connectivity index (χ0) is 14.5. The molecule has 0 bridgehead atoms. The van der Waals surface area contributed by atoms with Crippen molar-refractivity contribution in [3.8, 4) is 5.75 Å². The Bertz CT molecular complexity index is 523. The number of carboxylic acids is 1. The molecule has 0 fully saturated rings. The zero-order valence-electron chi connectivity index (χ0n) is 11.4. The van der Waals surface area contributed by atoms with Crippen molar-refractivity contribution in [3.05, 3.63) is 65.2 Å². The van der Waals surface area contributed by atoms with Crippen LogP contribution in [0.5, 0.6) is 5.75 Å². The topological polar surface area (TPSA) is 57.5 Å². The summed E-state index contributed by atoms with van der Waals surface area (Å²) in [5, 5.41) is 18.6. The highest BCUT2D eigenvalue weighted by molar-refractivity contribution is 5.70. The van der Waals surface area contributed by atoms with Crippen LogP contribution in [-0.2, 0) is 17.6 Å². The van der Waals surface area contributed by atoms with Gasteiger partial charge in [0.2, 0.25) is 0 Å². The molecule has 1 unspecified atom stereocenters. The van der Waals surface area contributed by atoms with Crippen LogP contribution in [0.4, 0.5) is 0 Å². The first-order chi connectivity index (χ1) is 9.54. The third-order valence-corrected chi connectivity index (χ3v) is 3.37. The van der Waals surface area contributed by atoms with Gasteiger partial charge in [-0.05, 0) is 43.0 Å². The molecule has 0 heterocycles. The monoisotopic (exact) mass is 270 g/mol. The minimum atomic E-state index is -0.793. The third-order valence-electron chi connectivity index (χ3n) is 3.37. The summed E-state index contributed by atoms with van der Waals surface area (Å²) in [6.45, 7) is 2.01. The fourth-order valence-corrected chi connectivity index (χ4v) is 2.17. The first kappa shape index (κ1) is 14.1. The molecule has 2 N–H and O–H groups in total. The quantitative estimate of drug-likeness (QED) is 0.877. The lowest BCUT2D eigenvalue weighted by Gasteiger charge is -2.13. The molecule has 0 spiro atoms. The highest BCUT2D eigenvalue weighted by Gasteiger charge is 2.18. The summed E-state index contributed by atoms with van der Waals surface area (Å²) in [4.78, 5) is 11.4. The minimum absolute atomic E-state index is 0.194.